The van der Waals surface area contributed by atoms with Gasteiger partial charge in [-0.05, 0) is 22.6 Å². The van der Waals surface area contributed by atoms with Gasteiger partial charge in [-0.1, -0.05) is 0 Å². The molecule has 2 aromatic rings. The lowest BCUT2D eigenvalue weighted by molar-refractivity contribution is 1.10. The lowest BCUT2D eigenvalue weighted by Crippen LogP contribution is -2.00. The Hall–Kier alpha value is -0.850. The van der Waals surface area contributed by atoms with E-state index >= 15 is 0 Å². The normalized spacial score (nSPS) is 10.6. The van der Waals surface area contributed by atoms with Gasteiger partial charge in [0.1, 0.15) is 0 Å². The first kappa shape index (κ1) is 6.84. The first-order chi connectivity index (χ1) is 5.29. The standard InChI is InChI=1S/C6H5IN4/c7-4-3-10-6(8)11-2-1-9-5(4)11/h1-3H,(H2,8,10). The zero-order valence-electron chi connectivity index (χ0n) is 5.53. The molecule has 0 radical (unpaired) electrons. The van der Waals surface area contributed by atoms with E-state index in [0.29, 0.717) is 5.95 Å². The molecule has 0 saturated heterocycles. The van der Waals surface area contributed by atoms with Gasteiger partial charge in [0.15, 0.2) is 5.65 Å². The molecule has 2 N–H and O–H groups in total. The van der Waals surface area contributed by atoms with Gasteiger partial charge in [0.05, 0.1) is 3.57 Å². The van der Waals surface area contributed by atoms with Crippen LogP contribution in [0.2, 0.25) is 0 Å². The van der Waals surface area contributed by atoms with E-state index < -0.39 is 0 Å². The van der Waals surface area contributed by atoms with Gasteiger partial charge >= 0.3 is 0 Å². The third-order valence-electron chi connectivity index (χ3n) is 1.41. The van der Waals surface area contributed by atoms with Crippen LogP contribution in [0.1, 0.15) is 0 Å². The van der Waals surface area contributed by atoms with Crippen LogP contribution in [0.4, 0.5) is 5.95 Å². The Kier molecular flexibility index (Phi) is 1.45. The quantitative estimate of drug-likeness (QED) is 0.716. The van der Waals surface area contributed by atoms with Crippen LogP contribution >= 0.6 is 22.6 Å². The third-order valence-corrected chi connectivity index (χ3v) is 2.17. The predicted molar refractivity (Wildman–Crippen MR) is 50.1 cm³/mol. The fourth-order valence-corrected chi connectivity index (χ4v) is 1.45. The van der Waals surface area contributed by atoms with Gasteiger partial charge in [0.25, 0.3) is 0 Å². The molecule has 0 aromatic carbocycles. The van der Waals surface area contributed by atoms with Crippen molar-refractivity contribution in [3.05, 3.63) is 22.2 Å². The highest BCUT2D eigenvalue weighted by molar-refractivity contribution is 14.1. The molecular formula is C6H5IN4. The Morgan fingerprint density at radius 3 is 3.00 bits per heavy atom. The van der Waals surface area contributed by atoms with Crippen molar-refractivity contribution in [2.75, 3.05) is 5.73 Å². The molecule has 0 aliphatic carbocycles. The summed E-state index contributed by atoms with van der Waals surface area (Å²) in [6.07, 6.45) is 5.20. The maximum Gasteiger partial charge on any atom is 0.206 e. The minimum atomic E-state index is 0.470. The zero-order chi connectivity index (χ0) is 7.84. The van der Waals surface area contributed by atoms with Crippen molar-refractivity contribution in [2.45, 2.75) is 0 Å². The largest absolute Gasteiger partial charge is 0.369 e. The number of nitrogens with zero attached hydrogens (tertiary/aromatic N) is 3. The number of anilines is 1. The Labute approximate surface area is 76.6 Å². The first-order valence-corrected chi connectivity index (χ1v) is 4.10. The number of imidazole rings is 1. The van der Waals surface area contributed by atoms with E-state index in [9.17, 15) is 0 Å². The maximum atomic E-state index is 5.58. The summed E-state index contributed by atoms with van der Waals surface area (Å²) < 4.78 is 2.75. The Morgan fingerprint density at radius 2 is 2.27 bits per heavy atom. The summed E-state index contributed by atoms with van der Waals surface area (Å²) >= 11 is 2.17. The monoisotopic (exact) mass is 260 g/mol. The van der Waals surface area contributed by atoms with Crippen LogP contribution in [0, 0.1) is 3.57 Å². The molecule has 4 nitrogen and oxygen atoms in total. The molecule has 0 spiro atoms. The molecule has 11 heavy (non-hydrogen) atoms. The highest BCUT2D eigenvalue weighted by Crippen LogP contribution is 2.12. The molecule has 0 aliphatic heterocycles. The van der Waals surface area contributed by atoms with Gasteiger partial charge in [-0.15, -0.1) is 0 Å². The first-order valence-electron chi connectivity index (χ1n) is 3.02. The molecule has 0 bridgehead atoms. The summed E-state index contributed by atoms with van der Waals surface area (Å²) in [6, 6.07) is 0. The summed E-state index contributed by atoms with van der Waals surface area (Å²) in [5, 5.41) is 0. The number of nitrogens with two attached hydrogens (primary N) is 1. The molecule has 0 saturated carbocycles. The summed E-state index contributed by atoms with van der Waals surface area (Å²) in [4.78, 5) is 8.09. The van der Waals surface area contributed by atoms with Crippen molar-refractivity contribution in [2.24, 2.45) is 0 Å². The summed E-state index contributed by atoms with van der Waals surface area (Å²) in [5.41, 5.74) is 6.44. The van der Waals surface area contributed by atoms with E-state index in [0.717, 1.165) is 9.22 Å². The molecule has 2 aromatic heterocycles. The molecule has 2 rings (SSSR count). The lowest BCUT2D eigenvalue weighted by Gasteiger charge is -1.97. The van der Waals surface area contributed by atoms with Crippen molar-refractivity contribution in [1.82, 2.24) is 14.4 Å². The van der Waals surface area contributed by atoms with E-state index in [2.05, 4.69) is 32.6 Å². The van der Waals surface area contributed by atoms with E-state index in [-0.39, 0.29) is 0 Å². The zero-order valence-corrected chi connectivity index (χ0v) is 7.69. The van der Waals surface area contributed by atoms with E-state index in [1.54, 1.807) is 23.0 Å². The third kappa shape index (κ3) is 0.953. The van der Waals surface area contributed by atoms with E-state index in [1.807, 2.05) is 0 Å². The minimum absolute atomic E-state index is 0.470. The molecule has 0 amide bonds. The SMILES string of the molecule is Nc1ncc(I)c2nccn12. The number of aromatic nitrogens is 3. The Morgan fingerprint density at radius 1 is 1.45 bits per heavy atom. The van der Waals surface area contributed by atoms with Crippen molar-refractivity contribution < 1.29 is 0 Å². The smallest absolute Gasteiger partial charge is 0.206 e. The van der Waals surface area contributed by atoms with Crippen molar-refractivity contribution in [3.63, 3.8) is 0 Å². The molecule has 56 valence electrons. The minimum Gasteiger partial charge on any atom is -0.369 e. The van der Waals surface area contributed by atoms with Gasteiger partial charge in [-0.2, -0.15) is 0 Å². The Bertz CT molecular complexity index is 358. The van der Waals surface area contributed by atoms with Crippen molar-refractivity contribution >= 4 is 34.2 Å². The average molecular weight is 260 g/mol. The van der Waals surface area contributed by atoms with Gasteiger partial charge in [0.2, 0.25) is 5.95 Å². The maximum absolute atomic E-state index is 5.58. The molecular weight excluding hydrogens is 255 g/mol. The lowest BCUT2D eigenvalue weighted by atomic mass is 10.6. The van der Waals surface area contributed by atoms with Crippen LogP contribution in [0.5, 0.6) is 0 Å². The highest BCUT2D eigenvalue weighted by atomic mass is 127. The van der Waals surface area contributed by atoms with E-state index in [1.165, 1.54) is 0 Å². The number of fused-ring (bicyclic) bond motifs is 1. The summed E-state index contributed by atoms with van der Waals surface area (Å²) in [7, 11) is 0. The Balaban J connectivity index is 2.96. The van der Waals surface area contributed by atoms with Crippen molar-refractivity contribution in [1.29, 1.82) is 0 Å². The fourth-order valence-electron chi connectivity index (χ4n) is 0.908. The highest BCUT2D eigenvalue weighted by Gasteiger charge is 2.01. The van der Waals surface area contributed by atoms with Crippen LogP contribution in [0.3, 0.4) is 0 Å². The number of nitrogen functional groups attached to an aromatic ring is 1. The average Bonchev–Trinajstić information content (AvgIpc) is 2.45. The van der Waals surface area contributed by atoms with Gasteiger partial charge in [-0.3, -0.25) is 4.40 Å². The van der Waals surface area contributed by atoms with Crippen LogP contribution in [0.15, 0.2) is 18.6 Å². The van der Waals surface area contributed by atoms with Gasteiger partial charge < -0.3 is 5.73 Å². The molecule has 0 atom stereocenters. The summed E-state index contributed by atoms with van der Waals surface area (Å²) in [5.74, 6) is 0.470. The fraction of sp³-hybridized carbons (Fsp3) is 0. The topological polar surface area (TPSA) is 56.2 Å². The summed E-state index contributed by atoms with van der Waals surface area (Å²) in [6.45, 7) is 0. The molecule has 2 heterocycles. The van der Waals surface area contributed by atoms with Crippen LogP contribution < -0.4 is 5.73 Å². The molecule has 0 fully saturated rings. The molecule has 0 aliphatic rings. The molecule has 0 unspecified atom stereocenters. The number of halogens is 1. The predicted octanol–water partition coefficient (Wildman–Crippen LogP) is 0.916. The van der Waals surface area contributed by atoms with Gasteiger partial charge in [-0.25, -0.2) is 9.97 Å². The second kappa shape index (κ2) is 2.33. The second-order valence-electron chi connectivity index (χ2n) is 2.09. The number of rotatable bonds is 0. The van der Waals surface area contributed by atoms with Crippen LogP contribution in [0.25, 0.3) is 5.65 Å². The number of hydrogen-bond acceptors (Lipinski definition) is 3. The van der Waals surface area contributed by atoms with Crippen molar-refractivity contribution in [3.8, 4) is 0 Å². The van der Waals surface area contributed by atoms with Gasteiger partial charge in [0, 0.05) is 18.6 Å². The van der Waals surface area contributed by atoms with E-state index in [4.69, 9.17) is 5.73 Å². The van der Waals surface area contributed by atoms with Crippen LogP contribution in [-0.4, -0.2) is 14.4 Å². The van der Waals surface area contributed by atoms with Crippen LogP contribution in [-0.2, 0) is 0 Å². The number of hydrogen-bond donors (Lipinski definition) is 1. The second-order valence-corrected chi connectivity index (χ2v) is 3.25. The molecule has 5 heteroatoms.